The van der Waals surface area contributed by atoms with Gasteiger partial charge in [-0.1, -0.05) is 22.5 Å². The van der Waals surface area contributed by atoms with Gasteiger partial charge in [0.25, 0.3) is 0 Å². The number of hydrogen-bond donors (Lipinski definition) is 2. The van der Waals surface area contributed by atoms with Crippen LogP contribution in [0.1, 0.15) is 36.0 Å². The van der Waals surface area contributed by atoms with Gasteiger partial charge in [-0.15, -0.1) is 0 Å². The number of fused-ring (bicyclic) bond motifs is 1. The first kappa shape index (κ1) is 23.2. The van der Waals surface area contributed by atoms with Crippen LogP contribution < -0.4 is 10.6 Å². The average molecular weight is 515 g/mol. The number of likely N-dealkylation sites (tertiary alicyclic amines) is 1. The van der Waals surface area contributed by atoms with Crippen molar-refractivity contribution in [3.05, 3.63) is 47.1 Å². The number of carbonyl (C=O) groups is 4. The molecular weight excluding hydrogens is 488 g/mol. The predicted octanol–water partition coefficient (Wildman–Crippen LogP) is 2.41. The highest BCUT2D eigenvalue weighted by atomic mass is 79.9. The maximum Gasteiger partial charge on any atom is 0.246 e. The van der Waals surface area contributed by atoms with Crippen LogP contribution >= 0.6 is 15.9 Å². The van der Waals surface area contributed by atoms with Crippen molar-refractivity contribution in [3.8, 4) is 0 Å². The Kier molecular flexibility index (Phi) is 6.97. The summed E-state index contributed by atoms with van der Waals surface area (Å²) in [5, 5.41) is 6.61. The maximum atomic E-state index is 12.9. The molecule has 33 heavy (non-hydrogen) atoms. The number of nitrogens with one attached hydrogen (secondary N) is 2. The number of nitrogens with zero attached hydrogens (tertiary/aromatic N) is 2. The number of ketones is 1. The van der Waals surface area contributed by atoms with Crippen LogP contribution in [0.5, 0.6) is 0 Å². The summed E-state index contributed by atoms with van der Waals surface area (Å²) in [6, 6.07) is 5.57. The summed E-state index contributed by atoms with van der Waals surface area (Å²) in [6.45, 7) is 4.97. The van der Waals surface area contributed by atoms with Gasteiger partial charge in [0.2, 0.25) is 17.7 Å². The van der Waals surface area contributed by atoms with E-state index in [2.05, 4.69) is 33.1 Å². The van der Waals surface area contributed by atoms with Crippen LogP contribution in [0.15, 0.2) is 41.5 Å². The molecule has 2 heterocycles. The topological polar surface area (TPSA) is 101 Å². The largest absolute Gasteiger partial charge is 0.356 e. The zero-order valence-electron chi connectivity index (χ0n) is 18.3. The van der Waals surface area contributed by atoms with Crippen LogP contribution in [-0.2, 0) is 20.9 Å². The molecule has 1 aliphatic heterocycles. The fraction of sp³-hybridized carbons (Fsp3) is 0.417. The summed E-state index contributed by atoms with van der Waals surface area (Å²) in [6.07, 6.45) is 5.80. The number of carbonyl (C=O) groups excluding carboxylic acids is 4. The summed E-state index contributed by atoms with van der Waals surface area (Å²) in [4.78, 5) is 50.4. The third kappa shape index (κ3) is 5.52. The monoisotopic (exact) mass is 514 g/mol. The SMILES string of the molecule is C=CC(=O)N1CC(NC(=O)Cn2cc(C(=O)CCCNC(=O)C3CC3)c3cc(Br)ccc32)C1. The van der Waals surface area contributed by atoms with E-state index >= 15 is 0 Å². The normalized spacial score (nSPS) is 15.7. The standard InChI is InChI=1S/C24H27BrN4O4/c1-2-23(32)29-11-17(12-29)27-22(31)14-28-13-19(18-10-16(25)7-8-20(18)28)21(30)4-3-9-26-24(33)15-5-6-15/h2,7-8,10,13,15,17H,1,3-6,9,11-12,14H2,(H,26,33)(H,27,31). The van der Waals surface area contributed by atoms with Crippen molar-refractivity contribution in [2.45, 2.75) is 38.3 Å². The van der Waals surface area contributed by atoms with E-state index in [0.717, 1.165) is 28.2 Å². The molecule has 2 aromatic rings. The minimum absolute atomic E-state index is 0.0181. The lowest BCUT2D eigenvalue weighted by Gasteiger charge is -2.38. The number of Topliss-reactive ketones (excluding diaryl/α,β-unsaturated/α-hetero) is 1. The second-order valence-electron chi connectivity index (χ2n) is 8.64. The van der Waals surface area contributed by atoms with Crippen molar-refractivity contribution in [1.29, 1.82) is 0 Å². The van der Waals surface area contributed by atoms with Crippen LogP contribution in [0.25, 0.3) is 10.9 Å². The van der Waals surface area contributed by atoms with Gasteiger partial charge in [-0.3, -0.25) is 19.2 Å². The molecule has 1 aliphatic carbocycles. The Morgan fingerprint density at radius 2 is 1.94 bits per heavy atom. The number of halogens is 1. The van der Waals surface area contributed by atoms with E-state index in [1.54, 1.807) is 15.7 Å². The van der Waals surface area contributed by atoms with Gasteiger partial charge in [-0.2, -0.15) is 0 Å². The first-order valence-electron chi connectivity index (χ1n) is 11.2. The molecule has 9 heteroatoms. The van der Waals surface area contributed by atoms with Gasteiger partial charge >= 0.3 is 0 Å². The second kappa shape index (κ2) is 9.91. The number of amides is 3. The molecule has 1 aromatic carbocycles. The quantitative estimate of drug-likeness (QED) is 0.288. The van der Waals surface area contributed by atoms with Crippen LogP contribution in [-0.4, -0.2) is 58.6 Å². The molecule has 8 nitrogen and oxygen atoms in total. The van der Waals surface area contributed by atoms with Gasteiger partial charge in [-0.05, 0) is 43.5 Å². The Hall–Kier alpha value is -2.94. The fourth-order valence-electron chi connectivity index (χ4n) is 4.01. The van der Waals surface area contributed by atoms with Gasteiger partial charge in [-0.25, -0.2) is 0 Å². The second-order valence-corrected chi connectivity index (χ2v) is 9.55. The first-order valence-corrected chi connectivity index (χ1v) is 11.9. The average Bonchev–Trinajstić information content (AvgIpc) is 3.56. The molecule has 2 N–H and O–H groups in total. The predicted molar refractivity (Wildman–Crippen MR) is 128 cm³/mol. The molecule has 1 aromatic heterocycles. The first-order chi connectivity index (χ1) is 15.9. The molecule has 0 spiro atoms. The summed E-state index contributed by atoms with van der Waals surface area (Å²) in [5.74, 6) is -0.0920. The molecule has 1 saturated carbocycles. The highest BCUT2D eigenvalue weighted by molar-refractivity contribution is 9.10. The Morgan fingerprint density at radius 1 is 1.18 bits per heavy atom. The lowest BCUT2D eigenvalue weighted by molar-refractivity contribution is -0.133. The van der Waals surface area contributed by atoms with Crippen LogP contribution in [0.2, 0.25) is 0 Å². The van der Waals surface area contributed by atoms with Crippen molar-refractivity contribution in [2.75, 3.05) is 19.6 Å². The van der Waals surface area contributed by atoms with Crippen LogP contribution in [0.4, 0.5) is 0 Å². The molecule has 4 rings (SSSR count). The molecule has 174 valence electrons. The summed E-state index contributed by atoms with van der Waals surface area (Å²) in [7, 11) is 0. The number of aromatic nitrogens is 1. The molecular formula is C24H27BrN4O4. The third-order valence-corrected chi connectivity index (χ3v) is 6.51. The van der Waals surface area contributed by atoms with Gasteiger partial charge in [0.05, 0.1) is 6.04 Å². The van der Waals surface area contributed by atoms with Gasteiger partial charge in [0, 0.05) is 59.1 Å². The summed E-state index contributed by atoms with van der Waals surface area (Å²) >= 11 is 3.46. The molecule has 2 fully saturated rings. The van der Waals surface area contributed by atoms with E-state index < -0.39 is 0 Å². The number of hydrogen-bond acceptors (Lipinski definition) is 4. The summed E-state index contributed by atoms with van der Waals surface area (Å²) < 4.78 is 2.63. The number of rotatable bonds is 10. The van der Waals surface area contributed by atoms with Gasteiger partial charge in [0.15, 0.2) is 5.78 Å². The maximum absolute atomic E-state index is 12.9. The minimum Gasteiger partial charge on any atom is -0.356 e. The Labute approximate surface area is 200 Å². The molecule has 0 atom stereocenters. The van der Waals surface area contributed by atoms with Crippen LogP contribution in [0, 0.1) is 5.92 Å². The molecule has 1 saturated heterocycles. The van der Waals surface area contributed by atoms with Crippen molar-refractivity contribution in [3.63, 3.8) is 0 Å². The molecule has 2 aliphatic rings. The molecule has 0 unspecified atom stereocenters. The zero-order chi connectivity index (χ0) is 23.5. The van der Waals surface area contributed by atoms with Gasteiger partial charge in [0.1, 0.15) is 6.54 Å². The molecule has 0 bridgehead atoms. The van der Waals surface area contributed by atoms with Crippen molar-refractivity contribution in [1.82, 2.24) is 20.1 Å². The summed E-state index contributed by atoms with van der Waals surface area (Å²) in [5.41, 5.74) is 1.37. The zero-order valence-corrected chi connectivity index (χ0v) is 19.9. The van der Waals surface area contributed by atoms with E-state index in [1.165, 1.54) is 6.08 Å². The van der Waals surface area contributed by atoms with Crippen molar-refractivity contribution < 1.29 is 19.2 Å². The third-order valence-electron chi connectivity index (χ3n) is 6.02. The van der Waals surface area contributed by atoms with E-state index in [-0.39, 0.29) is 42.0 Å². The Bertz CT molecular complexity index is 1120. The van der Waals surface area contributed by atoms with E-state index in [0.29, 0.717) is 38.0 Å². The number of benzene rings is 1. The van der Waals surface area contributed by atoms with E-state index in [1.807, 2.05) is 18.2 Å². The van der Waals surface area contributed by atoms with Crippen LogP contribution in [0.3, 0.4) is 0 Å². The Balaban J connectivity index is 1.37. The lowest BCUT2D eigenvalue weighted by atomic mass is 10.1. The Morgan fingerprint density at radius 3 is 2.64 bits per heavy atom. The highest BCUT2D eigenvalue weighted by Gasteiger charge is 2.31. The fourth-order valence-corrected chi connectivity index (χ4v) is 4.38. The van der Waals surface area contributed by atoms with E-state index in [9.17, 15) is 19.2 Å². The van der Waals surface area contributed by atoms with Gasteiger partial charge < -0.3 is 20.1 Å². The smallest absolute Gasteiger partial charge is 0.246 e. The molecule has 3 amide bonds. The van der Waals surface area contributed by atoms with E-state index in [4.69, 9.17) is 0 Å². The molecule has 0 radical (unpaired) electrons. The highest BCUT2D eigenvalue weighted by Crippen LogP contribution is 2.29. The minimum atomic E-state index is -0.174. The lowest BCUT2D eigenvalue weighted by Crippen LogP contribution is -2.61. The van der Waals surface area contributed by atoms with Crippen molar-refractivity contribution in [2.24, 2.45) is 5.92 Å². The van der Waals surface area contributed by atoms with Crippen molar-refractivity contribution >= 4 is 50.3 Å².